The molecule has 2 aromatic rings. The summed E-state index contributed by atoms with van der Waals surface area (Å²) in [5.74, 6) is -10.0. The van der Waals surface area contributed by atoms with Gasteiger partial charge in [-0.25, -0.2) is 17.6 Å². The van der Waals surface area contributed by atoms with Crippen molar-refractivity contribution in [1.82, 2.24) is 0 Å². The van der Waals surface area contributed by atoms with Crippen molar-refractivity contribution in [1.29, 1.82) is 0 Å². The van der Waals surface area contributed by atoms with Crippen molar-refractivity contribution in [3.8, 4) is 0 Å². The molecule has 0 aliphatic heterocycles. The highest BCUT2D eigenvalue weighted by Crippen LogP contribution is 2.44. The van der Waals surface area contributed by atoms with Gasteiger partial charge in [0, 0.05) is 24.0 Å². The third-order valence-corrected chi connectivity index (χ3v) is 5.83. The summed E-state index contributed by atoms with van der Waals surface area (Å²) in [5.41, 5.74) is -1.73. The Balaban J connectivity index is 2.03. The van der Waals surface area contributed by atoms with Crippen LogP contribution in [0.1, 0.15) is 57.5 Å². The summed E-state index contributed by atoms with van der Waals surface area (Å²) in [6.07, 6.45) is -1.01. The number of carbonyl (C=O) groups excluding carboxylic acids is 2. The second-order valence-corrected chi connectivity index (χ2v) is 7.84. The normalized spacial score (nSPS) is 23.5. The number of halogens is 4. The monoisotopic (exact) mass is 416 g/mol. The Morgan fingerprint density at radius 2 is 0.967 bits per heavy atom. The van der Waals surface area contributed by atoms with Crippen LogP contribution < -0.4 is 0 Å². The summed E-state index contributed by atoms with van der Waals surface area (Å²) < 4.78 is 60.8. The van der Waals surface area contributed by atoms with Crippen LogP contribution in [0.2, 0.25) is 0 Å². The molecular weight excluding hydrogens is 396 g/mol. The van der Waals surface area contributed by atoms with Crippen LogP contribution in [0, 0.1) is 0 Å². The van der Waals surface area contributed by atoms with Crippen LogP contribution >= 0.6 is 0 Å². The molecule has 2 aromatic carbocycles. The van der Waals surface area contributed by atoms with Gasteiger partial charge in [0.1, 0.15) is 0 Å². The maximum absolute atomic E-state index is 15.2. The summed E-state index contributed by atoms with van der Waals surface area (Å²) in [6, 6.07) is 12.3. The smallest absolute Gasteiger partial charge is 0.277 e. The Labute approximate surface area is 171 Å². The molecule has 0 unspecified atom stereocenters. The molecule has 0 saturated heterocycles. The minimum atomic E-state index is -3.83. The highest BCUT2D eigenvalue weighted by atomic mass is 19.3. The first-order valence-electron chi connectivity index (χ1n) is 9.98. The standard InChI is InChI=1S/C24H20F4O2/c25-23(26)13-5-9-15-7-1-3-11-17(15)21(29)19(23)20-22(30)18-12-4-2-8-16(18)10-6-14-24(20,27)28/h1-4,7-8,11-12H,5-6,9-10,13-14H2/b20-19-. The molecular formula is C24H20F4O2. The number of hydrogen-bond acceptors (Lipinski definition) is 2. The first-order chi connectivity index (χ1) is 14.2. The summed E-state index contributed by atoms with van der Waals surface area (Å²) in [5, 5.41) is 0. The molecule has 156 valence electrons. The second-order valence-electron chi connectivity index (χ2n) is 7.84. The van der Waals surface area contributed by atoms with Gasteiger partial charge in [-0.1, -0.05) is 48.5 Å². The average Bonchev–Trinajstić information content (AvgIpc) is 2.70. The van der Waals surface area contributed by atoms with Gasteiger partial charge in [-0.05, 0) is 36.8 Å². The van der Waals surface area contributed by atoms with Gasteiger partial charge < -0.3 is 0 Å². The van der Waals surface area contributed by atoms with Gasteiger partial charge in [-0.2, -0.15) is 0 Å². The summed E-state index contributed by atoms with van der Waals surface area (Å²) in [4.78, 5) is 26.4. The number of carbonyl (C=O) groups is 2. The third-order valence-electron chi connectivity index (χ3n) is 5.83. The lowest BCUT2D eigenvalue weighted by atomic mass is 9.78. The number of rotatable bonds is 0. The first kappa shape index (κ1) is 20.5. The van der Waals surface area contributed by atoms with E-state index < -0.39 is 47.4 Å². The van der Waals surface area contributed by atoms with E-state index in [9.17, 15) is 9.59 Å². The van der Waals surface area contributed by atoms with E-state index in [4.69, 9.17) is 0 Å². The number of allylic oxidation sites excluding steroid dienone is 2. The molecule has 0 radical (unpaired) electrons. The van der Waals surface area contributed by atoms with Gasteiger partial charge in [0.05, 0.1) is 11.1 Å². The van der Waals surface area contributed by atoms with Crippen molar-refractivity contribution in [2.75, 3.05) is 0 Å². The van der Waals surface area contributed by atoms with Crippen LogP contribution in [0.5, 0.6) is 0 Å². The van der Waals surface area contributed by atoms with Crippen LogP contribution in [0.4, 0.5) is 17.6 Å². The number of ketones is 2. The summed E-state index contributed by atoms with van der Waals surface area (Å²) in [6.45, 7) is 0. The molecule has 2 nitrogen and oxygen atoms in total. The number of fused-ring (bicyclic) bond motifs is 2. The van der Waals surface area contributed by atoms with E-state index in [2.05, 4.69) is 0 Å². The van der Waals surface area contributed by atoms with Crippen molar-refractivity contribution in [3.63, 3.8) is 0 Å². The quantitative estimate of drug-likeness (QED) is 0.390. The van der Waals surface area contributed by atoms with E-state index in [1.807, 2.05) is 0 Å². The average molecular weight is 416 g/mol. The van der Waals surface area contributed by atoms with Crippen molar-refractivity contribution in [2.24, 2.45) is 0 Å². The van der Waals surface area contributed by atoms with E-state index in [0.717, 1.165) is 0 Å². The molecule has 0 N–H and O–H groups in total. The van der Waals surface area contributed by atoms with E-state index >= 15 is 17.6 Å². The minimum absolute atomic E-state index is 0.0183. The molecule has 0 bridgehead atoms. The largest absolute Gasteiger partial charge is 0.289 e. The Morgan fingerprint density at radius 1 is 0.600 bits per heavy atom. The van der Waals surface area contributed by atoms with Crippen LogP contribution in [-0.4, -0.2) is 23.4 Å². The van der Waals surface area contributed by atoms with Crippen molar-refractivity contribution in [2.45, 2.75) is 50.4 Å². The Morgan fingerprint density at radius 3 is 1.37 bits per heavy atom. The number of Topliss-reactive ketones (excluding diaryl/α,β-unsaturated/α-hetero) is 2. The summed E-state index contributed by atoms with van der Waals surface area (Å²) in [7, 11) is 0. The lowest BCUT2D eigenvalue weighted by molar-refractivity contribution is 0.00314. The lowest BCUT2D eigenvalue weighted by Crippen LogP contribution is -2.38. The fraction of sp³-hybridized carbons (Fsp3) is 0.333. The SMILES string of the molecule is O=C1/C(=C2\C(=O)c3ccccc3CCCC2(F)F)C(F)(F)CCCc2ccccc21. The second kappa shape index (κ2) is 7.49. The van der Waals surface area contributed by atoms with Crippen LogP contribution in [0.25, 0.3) is 0 Å². The van der Waals surface area contributed by atoms with Gasteiger partial charge in [-0.3, -0.25) is 9.59 Å². The van der Waals surface area contributed by atoms with Gasteiger partial charge in [-0.15, -0.1) is 0 Å². The third kappa shape index (κ3) is 3.48. The minimum Gasteiger partial charge on any atom is -0.289 e. The maximum Gasteiger partial charge on any atom is 0.277 e. The van der Waals surface area contributed by atoms with E-state index in [0.29, 0.717) is 11.1 Å². The van der Waals surface area contributed by atoms with Gasteiger partial charge in [0.2, 0.25) is 0 Å². The highest BCUT2D eigenvalue weighted by molar-refractivity contribution is 6.20. The molecule has 0 amide bonds. The van der Waals surface area contributed by atoms with Gasteiger partial charge in [0.25, 0.3) is 11.8 Å². The molecule has 2 aliphatic carbocycles. The molecule has 0 aromatic heterocycles. The topological polar surface area (TPSA) is 34.1 Å². The lowest BCUT2D eigenvalue weighted by Gasteiger charge is -2.30. The van der Waals surface area contributed by atoms with Crippen LogP contribution in [-0.2, 0) is 12.8 Å². The molecule has 2 aliphatic rings. The van der Waals surface area contributed by atoms with E-state index in [-0.39, 0.29) is 36.8 Å². The molecule has 4 rings (SSSR count). The fourth-order valence-corrected chi connectivity index (χ4v) is 4.37. The van der Waals surface area contributed by atoms with Crippen LogP contribution in [0.3, 0.4) is 0 Å². The number of hydrogen-bond donors (Lipinski definition) is 0. The predicted octanol–water partition coefficient (Wildman–Crippen LogP) is 5.99. The van der Waals surface area contributed by atoms with E-state index in [1.54, 1.807) is 24.3 Å². The number of alkyl halides is 4. The van der Waals surface area contributed by atoms with Crippen molar-refractivity contribution >= 4 is 11.6 Å². The zero-order chi connectivity index (χ0) is 21.5. The number of aryl methyl sites for hydroxylation is 2. The van der Waals surface area contributed by atoms with E-state index in [1.165, 1.54) is 24.3 Å². The summed E-state index contributed by atoms with van der Waals surface area (Å²) >= 11 is 0. The Kier molecular flexibility index (Phi) is 5.12. The first-order valence-corrected chi connectivity index (χ1v) is 9.98. The predicted molar refractivity (Wildman–Crippen MR) is 104 cm³/mol. The van der Waals surface area contributed by atoms with Crippen molar-refractivity contribution < 1.29 is 27.2 Å². The van der Waals surface area contributed by atoms with Crippen LogP contribution in [0.15, 0.2) is 59.7 Å². The zero-order valence-corrected chi connectivity index (χ0v) is 16.2. The Bertz CT molecular complexity index is 969. The molecule has 6 heteroatoms. The molecule has 0 spiro atoms. The molecule has 0 fully saturated rings. The molecule has 0 heterocycles. The molecule has 30 heavy (non-hydrogen) atoms. The maximum atomic E-state index is 15.2. The Hall–Kier alpha value is -2.76. The zero-order valence-electron chi connectivity index (χ0n) is 16.2. The molecule has 0 atom stereocenters. The fourth-order valence-electron chi connectivity index (χ4n) is 4.37. The number of benzene rings is 2. The van der Waals surface area contributed by atoms with Gasteiger partial charge >= 0.3 is 0 Å². The van der Waals surface area contributed by atoms with Crippen molar-refractivity contribution in [3.05, 3.63) is 81.9 Å². The molecule has 0 saturated carbocycles. The highest BCUT2D eigenvalue weighted by Gasteiger charge is 2.51. The van der Waals surface area contributed by atoms with Gasteiger partial charge in [0.15, 0.2) is 11.6 Å².